The average Bonchev–Trinajstić information content (AvgIpc) is 2.89. The summed E-state index contributed by atoms with van der Waals surface area (Å²) in [5, 5.41) is 0. The molecule has 1 aliphatic rings. The lowest BCUT2D eigenvalue weighted by Gasteiger charge is -2.30. The molecule has 0 spiro atoms. The summed E-state index contributed by atoms with van der Waals surface area (Å²) < 4.78 is 1.63. The Balaban J connectivity index is 0.00000192. The van der Waals surface area contributed by atoms with E-state index in [9.17, 15) is 9.59 Å². The number of hydrogen-bond donors (Lipinski definition) is 2. The van der Waals surface area contributed by atoms with Gasteiger partial charge in [-0.15, -0.1) is 12.4 Å². The second kappa shape index (κ2) is 6.34. The zero-order chi connectivity index (χ0) is 15.9. The van der Waals surface area contributed by atoms with Crippen molar-refractivity contribution in [3.8, 4) is 0 Å². The monoisotopic (exact) mass is 334 g/mol. The summed E-state index contributed by atoms with van der Waals surface area (Å²) in [6, 6.07) is 7.13. The molecule has 0 saturated heterocycles. The molecule has 2 aromatic rings. The van der Waals surface area contributed by atoms with Gasteiger partial charge in [-0.1, -0.05) is 6.07 Å². The van der Waals surface area contributed by atoms with E-state index in [0.717, 1.165) is 24.1 Å². The molecule has 0 aliphatic carbocycles. The Morgan fingerprint density at radius 1 is 1.26 bits per heavy atom. The van der Waals surface area contributed by atoms with Gasteiger partial charge in [-0.2, -0.15) is 0 Å². The highest BCUT2D eigenvalue weighted by molar-refractivity contribution is 6.07. The van der Waals surface area contributed by atoms with E-state index in [1.165, 1.54) is 6.07 Å². The number of aryl methyl sites for hydroxylation is 1. The molecular weight excluding hydrogens is 316 g/mol. The Labute approximate surface area is 140 Å². The summed E-state index contributed by atoms with van der Waals surface area (Å²) in [5.41, 5.74) is 14.6. The van der Waals surface area contributed by atoms with E-state index >= 15 is 0 Å². The van der Waals surface area contributed by atoms with Gasteiger partial charge in [0, 0.05) is 31.2 Å². The van der Waals surface area contributed by atoms with Gasteiger partial charge in [0.25, 0.3) is 5.91 Å². The van der Waals surface area contributed by atoms with E-state index in [2.05, 4.69) is 0 Å². The molecular formula is C16H19ClN4O2. The van der Waals surface area contributed by atoms with Gasteiger partial charge in [0.2, 0.25) is 5.91 Å². The fourth-order valence-electron chi connectivity index (χ4n) is 2.91. The second-order valence-electron chi connectivity index (χ2n) is 5.49. The number of aromatic nitrogens is 1. The number of rotatable bonds is 2. The first-order chi connectivity index (χ1) is 10.5. The zero-order valence-electron chi connectivity index (χ0n) is 12.8. The predicted molar refractivity (Wildman–Crippen MR) is 92.0 cm³/mol. The Hall–Kier alpha value is -2.47. The van der Waals surface area contributed by atoms with Crippen LogP contribution < -0.4 is 16.4 Å². The van der Waals surface area contributed by atoms with Crippen LogP contribution in [0.5, 0.6) is 0 Å². The van der Waals surface area contributed by atoms with Crippen molar-refractivity contribution in [2.24, 2.45) is 12.8 Å². The van der Waals surface area contributed by atoms with Crippen molar-refractivity contribution in [1.82, 2.24) is 4.57 Å². The minimum absolute atomic E-state index is 0. The number of nitrogens with zero attached hydrogens (tertiary/aromatic N) is 2. The second-order valence-corrected chi connectivity index (χ2v) is 5.49. The van der Waals surface area contributed by atoms with Crippen LogP contribution in [0.3, 0.4) is 0 Å². The van der Waals surface area contributed by atoms with Gasteiger partial charge in [-0.05, 0) is 36.6 Å². The van der Waals surface area contributed by atoms with Gasteiger partial charge in [0.1, 0.15) is 5.69 Å². The third-order valence-corrected chi connectivity index (χ3v) is 4.04. The van der Waals surface area contributed by atoms with Crippen LogP contribution in [0.15, 0.2) is 30.5 Å². The van der Waals surface area contributed by atoms with Crippen LogP contribution in [0.1, 0.15) is 32.8 Å². The number of hydrogen-bond acceptors (Lipinski definition) is 3. The average molecular weight is 335 g/mol. The fraction of sp³-hybridized carbons (Fsp3) is 0.250. The van der Waals surface area contributed by atoms with Gasteiger partial charge in [-0.25, -0.2) is 0 Å². The molecule has 0 saturated carbocycles. The number of anilines is 2. The lowest BCUT2D eigenvalue weighted by Crippen LogP contribution is -2.36. The van der Waals surface area contributed by atoms with E-state index in [-0.39, 0.29) is 18.3 Å². The number of amides is 2. The first-order valence-corrected chi connectivity index (χ1v) is 7.14. The minimum atomic E-state index is -0.544. The Bertz CT molecular complexity index is 769. The molecule has 2 amide bonds. The molecule has 1 aromatic heterocycles. The number of carbonyl (C=O) groups is 2. The van der Waals surface area contributed by atoms with Crippen molar-refractivity contribution in [3.63, 3.8) is 0 Å². The number of fused-ring (bicyclic) bond motifs is 1. The number of primary amides is 1. The molecule has 3 rings (SSSR count). The van der Waals surface area contributed by atoms with Crippen LogP contribution in [0.25, 0.3) is 0 Å². The van der Waals surface area contributed by atoms with Crippen molar-refractivity contribution in [1.29, 1.82) is 0 Å². The molecule has 0 bridgehead atoms. The molecule has 2 heterocycles. The van der Waals surface area contributed by atoms with Crippen molar-refractivity contribution in [3.05, 3.63) is 47.3 Å². The molecule has 0 unspecified atom stereocenters. The third-order valence-electron chi connectivity index (χ3n) is 4.04. The smallest absolute Gasteiger partial charge is 0.274 e. The normalized spacial score (nSPS) is 13.2. The largest absolute Gasteiger partial charge is 0.398 e. The SMILES string of the molecule is Cl.Cn1cc(C(N)=O)cc1C(=O)N1CCCc2c(N)cccc21. The number of halogens is 1. The maximum absolute atomic E-state index is 12.8. The summed E-state index contributed by atoms with van der Waals surface area (Å²) >= 11 is 0. The van der Waals surface area contributed by atoms with Gasteiger partial charge in [0.15, 0.2) is 0 Å². The lowest BCUT2D eigenvalue weighted by atomic mass is 9.99. The standard InChI is InChI=1S/C16H18N4O2.ClH/c1-19-9-10(15(18)21)8-14(19)16(22)20-7-3-4-11-12(17)5-2-6-13(11)20;/h2,5-6,8-9H,3-4,7,17H2,1H3,(H2,18,21);1H. The van der Waals surface area contributed by atoms with Gasteiger partial charge >= 0.3 is 0 Å². The molecule has 23 heavy (non-hydrogen) atoms. The van der Waals surface area contributed by atoms with Crippen LogP contribution in [0, 0.1) is 0 Å². The zero-order valence-corrected chi connectivity index (χ0v) is 13.6. The molecule has 7 heteroatoms. The highest BCUT2D eigenvalue weighted by atomic mass is 35.5. The van der Waals surface area contributed by atoms with E-state index < -0.39 is 5.91 Å². The number of carbonyl (C=O) groups excluding carboxylic acids is 2. The molecule has 6 nitrogen and oxygen atoms in total. The van der Waals surface area contributed by atoms with Crippen molar-refractivity contribution < 1.29 is 9.59 Å². The van der Waals surface area contributed by atoms with E-state index in [1.807, 2.05) is 18.2 Å². The molecule has 122 valence electrons. The van der Waals surface area contributed by atoms with E-state index in [1.54, 1.807) is 22.7 Å². The number of benzene rings is 1. The third kappa shape index (κ3) is 2.90. The molecule has 0 fully saturated rings. The van der Waals surface area contributed by atoms with Crippen molar-refractivity contribution >= 4 is 35.6 Å². The van der Waals surface area contributed by atoms with E-state index in [0.29, 0.717) is 23.5 Å². The summed E-state index contributed by atoms with van der Waals surface area (Å²) in [6.07, 6.45) is 3.30. The van der Waals surface area contributed by atoms with Crippen molar-refractivity contribution in [2.75, 3.05) is 17.2 Å². The quantitative estimate of drug-likeness (QED) is 0.819. The van der Waals surface area contributed by atoms with E-state index in [4.69, 9.17) is 11.5 Å². The van der Waals surface area contributed by atoms with Gasteiger partial charge in [-0.3, -0.25) is 9.59 Å². The first-order valence-electron chi connectivity index (χ1n) is 7.14. The summed E-state index contributed by atoms with van der Waals surface area (Å²) in [6.45, 7) is 0.631. The van der Waals surface area contributed by atoms with Gasteiger partial charge < -0.3 is 20.9 Å². The molecule has 0 radical (unpaired) electrons. The maximum Gasteiger partial charge on any atom is 0.274 e. The first kappa shape index (κ1) is 16.9. The topological polar surface area (TPSA) is 94.3 Å². The summed E-state index contributed by atoms with van der Waals surface area (Å²) in [7, 11) is 1.73. The Morgan fingerprint density at radius 3 is 2.65 bits per heavy atom. The molecule has 1 aromatic carbocycles. The van der Waals surface area contributed by atoms with Crippen LogP contribution in [-0.2, 0) is 13.5 Å². The molecule has 1 aliphatic heterocycles. The highest BCUT2D eigenvalue weighted by Crippen LogP contribution is 2.32. The van der Waals surface area contributed by atoms with Crippen LogP contribution in [-0.4, -0.2) is 22.9 Å². The van der Waals surface area contributed by atoms with Crippen LogP contribution >= 0.6 is 12.4 Å². The number of nitrogen functional groups attached to an aromatic ring is 1. The molecule has 0 atom stereocenters. The van der Waals surface area contributed by atoms with Crippen LogP contribution in [0.2, 0.25) is 0 Å². The van der Waals surface area contributed by atoms with Gasteiger partial charge in [0.05, 0.1) is 5.56 Å². The highest BCUT2D eigenvalue weighted by Gasteiger charge is 2.26. The predicted octanol–water partition coefficient (Wildman–Crippen LogP) is 1.72. The minimum Gasteiger partial charge on any atom is -0.398 e. The summed E-state index contributed by atoms with van der Waals surface area (Å²) in [5.74, 6) is -0.695. The summed E-state index contributed by atoms with van der Waals surface area (Å²) in [4.78, 5) is 25.8. The lowest BCUT2D eigenvalue weighted by molar-refractivity contribution is 0.0976. The molecule has 4 N–H and O–H groups in total. The number of nitrogens with two attached hydrogens (primary N) is 2. The Kier molecular flexibility index (Phi) is 4.65. The maximum atomic E-state index is 12.8. The Morgan fingerprint density at radius 2 is 2.00 bits per heavy atom. The van der Waals surface area contributed by atoms with Crippen molar-refractivity contribution in [2.45, 2.75) is 12.8 Å². The van der Waals surface area contributed by atoms with Crippen LogP contribution in [0.4, 0.5) is 11.4 Å². The fourth-order valence-corrected chi connectivity index (χ4v) is 2.91.